The molecule has 1 aromatic heterocycles. The van der Waals surface area contributed by atoms with Crippen LogP contribution in [-0.4, -0.2) is 36.5 Å². The first-order valence-corrected chi connectivity index (χ1v) is 7.48. The Morgan fingerprint density at radius 1 is 1.61 bits per heavy atom. The van der Waals surface area contributed by atoms with Crippen LogP contribution in [0, 0.1) is 5.41 Å². The summed E-state index contributed by atoms with van der Waals surface area (Å²) in [5, 5.41) is 15.9. The molecule has 1 saturated heterocycles. The van der Waals surface area contributed by atoms with Gasteiger partial charge >= 0.3 is 0 Å². The smallest absolute Gasteiger partial charge is 0.0926 e. The van der Waals surface area contributed by atoms with Gasteiger partial charge in [-0.3, -0.25) is 0 Å². The molecule has 4 nitrogen and oxygen atoms in total. The molecule has 0 aliphatic carbocycles. The highest BCUT2D eigenvalue weighted by molar-refractivity contribution is 7.09. The summed E-state index contributed by atoms with van der Waals surface area (Å²) in [5.74, 6) is 0. The molecule has 2 rings (SSSR count). The number of hydrogen-bond acceptors (Lipinski definition) is 5. The molecule has 0 bridgehead atoms. The zero-order chi connectivity index (χ0) is 12.8. The number of aliphatic hydroxyl groups excluding tert-OH is 1. The van der Waals surface area contributed by atoms with Crippen LogP contribution in [0.15, 0.2) is 5.38 Å². The fourth-order valence-corrected chi connectivity index (χ4v) is 3.10. The van der Waals surface area contributed by atoms with E-state index in [9.17, 15) is 0 Å². The lowest BCUT2D eigenvalue weighted by molar-refractivity contribution is 0.124. The Balaban J connectivity index is 1.79. The Morgan fingerprint density at radius 3 is 3.11 bits per heavy atom. The average Bonchev–Trinajstić information content (AvgIpc) is 2.99. The van der Waals surface area contributed by atoms with Crippen molar-refractivity contribution < 1.29 is 9.84 Å². The quantitative estimate of drug-likeness (QED) is 0.790. The van der Waals surface area contributed by atoms with Gasteiger partial charge in [0.05, 0.1) is 17.3 Å². The zero-order valence-corrected chi connectivity index (χ0v) is 11.8. The lowest BCUT2D eigenvalue weighted by Crippen LogP contribution is -2.35. The van der Waals surface area contributed by atoms with Gasteiger partial charge in [-0.1, -0.05) is 6.92 Å². The Labute approximate surface area is 112 Å². The van der Waals surface area contributed by atoms with Crippen LogP contribution in [0.25, 0.3) is 0 Å². The highest BCUT2D eigenvalue weighted by atomic mass is 32.1. The second kappa shape index (κ2) is 6.61. The maximum Gasteiger partial charge on any atom is 0.0926 e. The van der Waals surface area contributed by atoms with Crippen LogP contribution in [0.3, 0.4) is 0 Å². The van der Waals surface area contributed by atoms with Crippen molar-refractivity contribution in [3.8, 4) is 0 Å². The van der Waals surface area contributed by atoms with Gasteiger partial charge < -0.3 is 15.2 Å². The molecule has 0 spiro atoms. The summed E-state index contributed by atoms with van der Waals surface area (Å²) >= 11 is 1.73. The van der Waals surface area contributed by atoms with Crippen molar-refractivity contribution in [3.63, 3.8) is 0 Å². The summed E-state index contributed by atoms with van der Waals surface area (Å²) in [6.45, 7) is 5.65. The van der Waals surface area contributed by atoms with E-state index < -0.39 is 0 Å². The number of rotatable bonds is 7. The summed E-state index contributed by atoms with van der Waals surface area (Å²) in [4.78, 5) is 4.54. The maximum absolute atomic E-state index is 9.15. The molecule has 1 unspecified atom stereocenters. The summed E-state index contributed by atoms with van der Waals surface area (Å²) in [7, 11) is 0. The van der Waals surface area contributed by atoms with E-state index in [0.29, 0.717) is 0 Å². The van der Waals surface area contributed by atoms with E-state index in [1.807, 2.05) is 0 Å². The molecule has 18 heavy (non-hydrogen) atoms. The van der Waals surface area contributed by atoms with E-state index >= 15 is 0 Å². The summed E-state index contributed by atoms with van der Waals surface area (Å²) < 4.78 is 5.47. The van der Waals surface area contributed by atoms with Crippen molar-refractivity contribution in [2.75, 3.05) is 26.4 Å². The van der Waals surface area contributed by atoms with E-state index in [0.717, 1.165) is 51.3 Å². The fourth-order valence-electron chi connectivity index (χ4n) is 2.36. The normalized spacial score (nSPS) is 23.7. The van der Waals surface area contributed by atoms with E-state index in [4.69, 9.17) is 9.84 Å². The van der Waals surface area contributed by atoms with Gasteiger partial charge in [0.25, 0.3) is 0 Å². The van der Waals surface area contributed by atoms with Crippen molar-refractivity contribution >= 4 is 11.3 Å². The SMILES string of the molecule is CCc1nc(CNCC2(CCO)CCOC2)cs1. The topological polar surface area (TPSA) is 54.4 Å². The van der Waals surface area contributed by atoms with Crippen LogP contribution in [-0.2, 0) is 17.7 Å². The first-order chi connectivity index (χ1) is 8.78. The monoisotopic (exact) mass is 270 g/mol. The van der Waals surface area contributed by atoms with Crippen LogP contribution in [0.2, 0.25) is 0 Å². The van der Waals surface area contributed by atoms with E-state index in [-0.39, 0.29) is 12.0 Å². The van der Waals surface area contributed by atoms with Crippen LogP contribution in [0.4, 0.5) is 0 Å². The molecule has 1 aliphatic rings. The third kappa shape index (κ3) is 3.51. The number of aromatic nitrogens is 1. The van der Waals surface area contributed by atoms with Crippen molar-refractivity contribution in [2.24, 2.45) is 5.41 Å². The van der Waals surface area contributed by atoms with Gasteiger partial charge in [0.2, 0.25) is 0 Å². The number of aryl methyl sites for hydroxylation is 1. The molecule has 1 aromatic rings. The Hall–Kier alpha value is -0.490. The fraction of sp³-hybridized carbons (Fsp3) is 0.769. The third-order valence-electron chi connectivity index (χ3n) is 3.53. The lowest BCUT2D eigenvalue weighted by atomic mass is 9.84. The number of thiazole rings is 1. The van der Waals surface area contributed by atoms with Crippen molar-refractivity contribution in [1.82, 2.24) is 10.3 Å². The zero-order valence-electron chi connectivity index (χ0n) is 10.9. The third-order valence-corrected chi connectivity index (χ3v) is 4.58. The minimum Gasteiger partial charge on any atom is -0.396 e. The maximum atomic E-state index is 9.15. The standard InChI is InChI=1S/C13H22N2O2S/c1-2-12-15-11(8-18-12)7-14-9-13(3-5-16)4-6-17-10-13/h8,14,16H,2-7,9-10H2,1H3. The van der Waals surface area contributed by atoms with Gasteiger partial charge in [-0.05, 0) is 19.3 Å². The largest absolute Gasteiger partial charge is 0.396 e. The van der Waals surface area contributed by atoms with Gasteiger partial charge in [-0.15, -0.1) is 11.3 Å². The van der Waals surface area contributed by atoms with Crippen LogP contribution in [0.1, 0.15) is 30.5 Å². The predicted octanol–water partition coefficient (Wildman–Crippen LogP) is 1.58. The van der Waals surface area contributed by atoms with Crippen molar-refractivity contribution in [3.05, 3.63) is 16.1 Å². The summed E-state index contributed by atoms with van der Waals surface area (Å²) in [6.07, 6.45) is 2.86. The number of ether oxygens (including phenoxy) is 1. The predicted molar refractivity (Wildman–Crippen MR) is 72.8 cm³/mol. The molecule has 2 heterocycles. The number of aliphatic hydroxyl groups is 1. The second-order valence-electron chi connectivity index (χ2n) is 4.97. The van der Waals surface area contributed by atoms with Crippen LogP contribution in [0.5, 0.6) is 0 Å². The van der Waals surface area contributed by atoms with Crippen molar-refractivity contribution in [1.29, 1.82) is 0 Å². The molecule has 2 N–H and O–H groups in total. The Kier molecular flexibility index (Phi) is 5.12. The van der Waals surface area contributed by atoms with Crippen molar-refractivity contribution in [2.45, 2.75) is 32.7 Å². The van der Waals surface area contributed by atoms with Gasteiger partial charge in [-0.2, -0.15) is 0 Å². The lowest BCUT2D eigenvalue weighted by Gasteiger charge is -2.26. The average molecular weight is 270 g/mol. The summed E-state index contributed by atoms with van der Waals surface area (Å²) in [6, 6.07) is 0. The number of nitrogens with zero attached hydrogens (tertiary/aromatic N) is 1. The minimum atomic E-state index is 0.123. The Bertz CT molecular complexity index is 362. The number of nitrogens with one attached hydrogen (secondary N) is 1. The molecule has 5 heteroatoms. The van der Waals surface area contributed by atoms with Crippen LogP contribution < -0.4 is 5.32 Å². The second-order valence-corrected chi connectivity index (χ2v) is 5.91. The molecule has 1 aliphatic heterocycles. The molecule has 0 amide bonds. The first-order valence-electron chi connectivity index (χ1n) is 6.60. The van der Waals surface area contributed by atoms with Gasteiger partial charge in [0.15, 0.2) is 0 Å². The van der Waals surface area contributed by atoms with E-state index in [2.05, 4.69) is 22.6 Å². The van der Waals surface area contributed by atoms with Gasteiger partial charge in [0, 0.05) is 37.1 Å². The van der Waals surface area contributed by atoms with E-state index in [1.54, 1.807) is 11.3 Å². The molecule has 0 radical (unpaired) electrons. The summed E-state index contributed by atoms with van der Waals surface area (Å²) in [5.41, 5.74) is 1.24. The molecule has 102 valence electrons. The molecule has 0 saturated carbocycles. The number of hydrogen-bond donors (Lipinski definition) is 2. The molecular formula is C13H22N2O2S. The highest BCUT2D eigenvalue weighted by Gasteiger charge is 2.33. The highest BCUT2D eigenvalue weighted by Crippen LogP contribution is 2.31. The first kappa shape index (κ1) is 13.9. The molecule has 1 atom stereocenters. The van der Waals surface area contributed by atoms with Gasteiger partial charge in [0.1, 0.15) is 0 Å². The van der Waals surface area contributed by atoms with E-state index in [1.165, 1.54) is 5.01 Å². The Morgan fingerprint density at radius 2 is 2.50 bits per heavy atom. The molecule has 0 aromatic carbocycles. The van der Waals surface area contributed by atoms with Crippen LogP contribution >= 0.6 is 11.3 Å². The molecule has 1 fully saturated rings. The van der Waals surface area contributed by atoms with Gasteiger partial charge in [-0.25, -0.2) is 4.98 Å². The minimum absolute atomic E-state index is 0.123. The molecular weight excluding hydrogens is 248 g/mol.